The summed E-state index contributed by atoms with van der Waals surface area (Å²) in [5.41, 5.74) is 3.97. The number of aromatic hydroxyl groups is 1. The highest BCUT2D eigenvalue weighted by Crippen LogP contribution is 2.33. The van der Waals surface area contributed by atoms with Crippen LogP contribution >= 0.6 is 0 Å². The number of hydrogen-bond donors (Lipinski definition) is 2. The zero-order valence-electron chi connectivity index (χ0n) is 16.4. The van der Waals surface area contributed by atoms with Gasteiger partial charge in [0.15, 0.2) is 0 Å². The topological polar surface area (TPSA) is 78.9 Å². The third-order valence-electron chi connectivity index (χ3n) is 5.16. The number of carbonyl (C=O) groups excluding carboxylic acids is 2. The molecule has 2 aromatic carbocycles. The maximum Gasteiger partial charge on any atom is 0.327 e. The van der Waals surface area contributed by atoms with E-state index in [1.54, 1.807) is 18.2 Å². The highest BCUT2D eigenvalue weighted by molar-refractivity contribution is 5.78. The first-order chi connectivity index (χ1) is 13.4. The van der Waals surface area contributed by atoms with E-state index >= 15 is 0 Å². The monoisotopic (exact) mass is 382 g/mol. The lowest BCUT2D eigenvalue weighted by molar-refractivity contribution is -0.148. The summed E-state index contributed by atoms with van der Waals surface area (Å²) >= 11 is 0. The molecule has 2 aromatic rings. The molecule has 0 spiro atoms. The molecule has 1 aliphatic heterocycles. The number of nitrogens with one attached hydrogen (secondary N) is 1. The first-order valence-corrected chi connectivity index (χ1v) is 9.38. The van der Waals surface area contributed by atoms with E-state index < -0.39 is 6.04 Å². The Hall–Kier alpha value is -2.86. The van der Waals surface area contributed by atoms with E-state index in [-0.39, 0.29) is 23.7 Å². The SMILES string of the molecule is COC(=O)C1c2ccc(O)cc2CCN1Cc1ccc(C(C)NC(C)=O)cc1. The van der Waals surface area contributed by atoms with E-state index in [4.69, 9.17) is 4.74 Å². The lowest BCUT2D eigenvalue weighted by Crippen LogP contribution is -2.39. The number of nitrogens with zero attached hydrogens (tertiary/aromatic N) is 1. The standard InChI is InChI=1S/C22H26N2O4/c1-14(23-15(2)25)17-6-4-16(5-7-17)13-24-11-10-18-12-19(26)8-9-20(18)21(24)22(27)28-3/h4-9,12,14,21,26H,10-11,13H2,1-3H3,(H,23,25). The zero-order valence-corrected chi connectivity index (χ0v) is 16.4. The molecule has 2 atom stereocenters. The van der Waals surface area contributed by atoms with Gasteiger partial charge in [-0.2, -0.15) is 0 Å². The van der Waals surface area contributed by atoms with Crippen LogP contribution in [0.15, 0.2) is 42.5 Å². The van der Waals surface area contributed by atoms with Crippen molar-refractivity contribution in [3.63, 3.8) is 0 Å². The highest BCUT2D eigenvalue weighted by Gasteiger charge is 2.34. The number of fused-ring (bicyclic) bond motifs is 1. The molecule has 1 aliphatic rings. The van der Waals surface area contributed by atoms with Crippen LogP contribution in [-0.2, 0) is 27.3 Å². The summed E-state index contributed by atoms with van der Waals surface area (Å²) in [4.78, 5) is 25.8. The summed E-state index contributed by atoms with van der Waals surface area (Å²) in [6, 6.07) is 12.6. The summed E-state index contributed by atoms with van der Waals surface area (Å²) in [7, 11) is 1.40. The van der Waals surface area contributed by atoms with Gasteiger partial charge in [0.05, 0.1) is 13.2 Å². The van der Waals surface area contributed by atoms with Crippen LogP contribution in [0.2, 0.25) is 0 Å². The zero-order chi connectivity index (χ0) is 20.3. The van der Waals surface area contributed by atoms with E-state index in [1.165, 1.54) is 14.0 Å². The lowest BCUT2D eigenvalue weighted by atomic mass is 9.91. The number of hydrogen-bond acceptors (Lipinski definition) is 5. The van der Waals surface area contributed by atoms with Gasteiger partial charge in [0.25, 0.3) is 0 Å². The molecule has 28 heavy (non-hydrogen) atoms. The molecular formula is C22H26N2O4. The van der Waals surface area contributed by atoms with E-state index in [1.807, 2.05) is 31.2 Å². The van der Waals surface area contributed by atoms with E-state index in [0.717, 1.165) is 28.7 Å². The van der Waals surface area contributed by atoms with Crippen LogP contribution in [0.4, 0.5) is 0 Å². The van der Waals surface area contributed by atoms with Crippen LogP contribution in [0.1, 0.15) is 48.2 Å². The van der Waals surface area contributed by atoms with Gasteiger partial charge < -0.3 is 15.2 Å². The fraction of sp³-hybridized carbons (Fsp3) is 0.364. The number of rotatable bonds is 5. The van der Waals surface area contributed by atoms with Crippen LogP contribution in [0, 0.1) is 0 Å². The van der Waals surface area contributed by atoms with Crippen molar-refractivity contribution in [3.05, 3.63) is 64.7 Å². The Kier molecular flexibility index (Phi) is 5.99. The molecule has 2 N–H and O–H groups in total. The molecule has 6 heteroatoms. The number of phenols is 1. The second kappa shape index (κ2) is 8.44. The molecule has 0 aromatic heterocycles. The van der Waals surface area contributed by atoms with Gasteiger partial charge >= 0.3 is 5.97 Å². The Bertz CT molecular complexity index is 863. The Morgan fingerprint density at radius 1 is 1.25 bits per heavy atom. The molecule has 0 fully saturated rings. The van der Waals surface area contributed by atoms with Crippen molar-refractivity contribution in [1.29, 1.82) is 0 Å². The van der Waals surface area contributed by atoms with Crippen LogP contribution in [0.3, 0.4) is 0 Å². The maximum absolute atomic E-state index is 12.5. The first kappa shape index (κ1) is 19.9. The quantitative estimate of drug-likeness (QED) is 0.778. The normalized spacial score (nSPS) is 17.5. The molecule has 0 saturated carbocycles. The molecule has 0 radical (unpaired) electrons. The molecular weight excluding hydrogens is 356 g/mol. The molecule has 1 amide bonds. The molecule has 6 nitrogen and oxygen atoms in total. The van der Waals surface area contributed by atoms with Crippen molar-refractivity contribution >= 4 is 11.9 Å². The minimum absolute atomic E-state index is 0.0519. The van der Waals surface area contributed by atoms with E-state index in [9.17, 15) is 14.7 Å². The van der Waals surface area contributed by atoms with Gasteiger partial charge in [0.1, 0.15) is 11.8 Å². The van der Waals surface area contributed by atoms with Crippen LogP contribution in [-0.4, -0.2) is 35.5 Å². The summed E-state index contributed by atoms with van der Waals surface area (Å²) < 4.78 is 5.05. The first-order valence-electron chi connectivity index (χ1n) is 9.38. The lowest BCUT2D eigenvalue weighted by Gasteiger charge is -2.35. The number of benzene rings is 2. The number of carbonyl (C=O) groups is 2. The van der Waals surface area contributed by atoms with Gasteiger partial charge in [-0.3, -0.25) is 9.69 Å². The number of phenolic OH excluding ortho intramolecular Hbond substituents is 1. The summed E-state index contributed by atoms with van der Waals surface area (Å²) in [6.45, 7) is 4.75. The molecule has 0 bridgehead atoms. The Labute approximate surface area is 165 Å². The maximum atomic E-state index is 12.5. The largest absolute Gasteiger partial charge is 0.508 e. The van der Waals surface area contributed by atoms with Crippen molar-refractivity contribution in [1.82, 2.24) is 10.2 Å². The minimum atomic E-state index is -0.493. The van der Waals surface area contributed by atoms with Crippen LogP contribution < -0.4 is 5.32 Å². The van der Waals surface area contributed by atoms with Gasteiger partial charge in [-0.25, -0.2) is 4.79 Å². The van der Waals surface area contributed by atoms with Gasteiger partial charge in [0, 0.05) is 20.0 Å². The molecule has 0 aliphatic carbocycles. The highest BCUT2D eigenvalue weighted by atomic mass is 16.5. The van der Waals surface area contributed by atoms with Crippen LogP contribution in [0.25, 0.3) is 0 Å². The van der Waals surface area contributed by atoms with Crippen molar-refractivity contribution < 1.29 is 19.4 Å². The second-order valence-electron chi connectivity index (χ2n) is 7.19. The minimum Gasteiger partial charge on any atom is -0.508 e. The average Bonchev–Trinajstić information content (AvgIpc) is 2.67. The molecule has 2 unspecified atom stereocenters. The molecule has 0 saturated heterocycles. The predicted molar refractivity (Wildman–Crippen MR) is 106 cm³/mol. The second-order valence-corrected chi connectivity index (χ2v) is 7.19. The van der Waals surface area contributed by atoms with Crippen LogP contribution in [0.5, 0.6) is 5.75 Å². The van der Waals surface area contributed by atoms with Crippen molar-refractivity contribution in [2.75, 3.05) is 13.7 Å². The Balaban J connectivity index is 1.80. The Morgan fingerprint density at radius 2 is 1.96 bits per heavy atom. The fourth-order valence-electron chi connectivity index (χ4n) is 3.76. The van der Waals surface area contributed by atoms with E-state index in [0.29, 0.717) is 13.1 Å². The Morgan fingerprint density at radius 3 is 2.61 bits per heavy atom. The van der Waals surface area contributed by atoms with Crippen molar-refractivity contribution in [3.8, 4) is 5.75 Å². The van der Waals surface area contributed by atoms with E-state index in [2.05, 4.69) is 10.2 Å². The van der Waals surface area contributed by atoms with Crippen molar-refractivity contribution in [2.45, 2.75) is 38.9 Å². The van der Waals surface area contributed by atoms with Gasteiger partial charge in [-0.1, -0.05) is 30.3 Å². The van der Waals surface area contributed by atoms with Crippen molar-refractivity contribution in [2.24, 2.45) is 0 Å². The fourth-order valence-corrected chi connectivity index (χ4v) is 3.76. The predicted octanol–water partition coefficient (Wildman–Crippen LogP) is 2.86. The molecule has 1 heterocycles. The summed E-state index contributed by atoms with van der Waals surface area (Å²) in [5, 5.41) is 12.6. The average molecular weight is 382 g/mol. The molecule has 3 rings (SSSR count). The third-order valence-corrected chi connectivity index (χ3v) is 5.16. The molecule has 148 valence electrons. The van der Waals surface area contributed by atoms with Gasteiger partial charge in [-0.15, -0.1) is 0 Å². The summed E-state index contributed by atoms with van der Waals surface area (Å²) in [5.74, 6) is -0.155. The number of ether oxygens (including phenoxy) is 1. The smallest absolute Gasteiger partial charge is 0.327 e. The summed E-state index contributed by atoms with van der Waals surface area (Å²) in [6.07, 6.45) is 0.759. The van der Waals surface area contributed by atoms with Gasteiger partial charge in [0.2, 0.25) is 5.91 Å². The number of esters is 1. The van der Waals surface area contributed by atoms with Gasteiger partial charge in [-0.05, 0) is 47.7 Å². The third kappa shape index (κ3) is 4.34. The number of methoxy groups -OCH3 is 1. The number of amides is 1.